The molecule has 0 aromatic heterocycles. The Morgan fingerprint density at radius 1 is 1.10 bits per heavy atom. The van der Waals surface area contributed by atoms with E-state index in [1.165, 1.54) is 11.1 Å². The molecule has 4 rings (SSSR count). The fourth-order valence-corrected chi connectivity index (χ4v) is 4.56. The summed E-state index contributed by atoms with van der Waals surface area (Å²) >= 11 is 0. The predicted molar refractivity (Wildman–Crippen MR) is 114 cm³/mol. The topological polar surface area (TPSA) is 78.5 Å². The van der Waals surface area contributed by atoms with Crippen LogP contribution in [0.4, 0.5) is 4.79 Å². The van der Waals surface area contributed by atoms with Crippen LogP contribution in [0.2, 0.25) is 0 Å². The lowest BCUT2D eigenvalue weighted by Crippen LogP contribution is -2.45. The minimum Gasteiger partial charge on any atom is -0.336 e. The SMILES string of the molecule is Cc1ccc([C@H]2CCCN2C(=O)CC[C@]2(c3ccccc3)NC(=O)NC2=O)cc1C. The molecule has 0 radical (unpaired) electrons. The molecule has 6 heteroatoms. The van der Waals surface area contributed by atoms with Crippen molar-refractivity contribution in [3.63, 3.8) is 0 Å². The zero-order valence-corrected chi connectivity index (χ0v) is 17.4. The number of hydrogen-bond acceptors (Lipinski definition) is 3. The molecule has 0 saturated carbocycles. The molecule has 2 saturated heterocycles. The van der Waals surface area contributed by atoms with Crippen LogP contribution in [-0.2, 0) is 15.1 Å². The lowest BCUT2D eigenvalue weighted by Gasteiger charge is -2.29. The van der Waals surface area contributed by atoms with Crippen molar-refractivity contribution in [3.05, 3.63) is 70.8 Å². The maximum atomic E-state index is 13.2. The van der Waals surface area contributed by atoms with Gasteiger partial charge in [-0.1, -0.05) is 48.5 Å². The highest BCUT2D eigenvalue weighted by Gasteiger charge is 2.48. The first-order valence-electron chi connectivity index (χ1n) is 10.5. The summed E-state index contributed by atoms with van der Waals surface area (Å²) in [7, 11) is 0. The molecule has 0 spiro atoms. The van der Waals surface area contributed by atoms with Gasteiger partial charge in [0.25, 0.3) is 5.91 Å². The summed E-state index contributed by atoms with van der Waals surface area (Å²) < 4.78 is 0. The summed E-state index contributed by atoms with van der Waals surface area (Å²) in [5.41, 5.74) is 3.11. The molecule has 2 heterocycles. The third kappa shape index (κ3) is 3.58. The van der Waals surface area contributed by atoms with E-state index in [1.54, 1.807) is 0 Å². The fraction of sp³-hybridized carbons (Fsp3) is 0.375. The second-order valence-electron chi connectivity index (χ2n) is 8.27. The van der Waals surface area contributed by atoms with Crippen molar-refractivity contribution in [1.29, 1.82) is 0 Å². The lowest BCUT2D eigenvalue weighted by atomic mass is 9.85. The quantitative estimate of drug-likeness (QED) is 0.748. The average Bonchev–Trinajstić information content (AvgIpc) is 3.34. The van der Waals surface area contributed by atoms with E-state index in [0.29, 0.717) is 12.1 Å². The Balaban J connectivity index is 1.53. The van der Waals surface area contributed by atoms with Crippen molar-refractivity contribution in [3.8, 4) is 0 Å². The summed E-state index contributed by atoms with van der Waals surface area (Å²) in [6.07, 6.45) is 2.31. The second kappa shape index (κ2) is 7.94. The first kappa shape index (κ1) is 20.1. The summed E-state index contributed by atoms with van der Waals surface area (Å²) in [5, 5.41) is 5.10. The van der Waals surface area contributed by atoms with E-state index in [4.69, 9.17) is 0 Å². The summed E-state index contributed by atoms with van der Waals surface area (Å²) in [6, 6.07) is 15.1. The van der Waals surface area contributed by atoms with Crippen molar-refractivity contribution in [1.82, 2.24) is 15.5 Å². The number of likely N-dealkylation sites (tertiary alicyclic amines) is 1. The molecular weight excluding hydrogens is 378 g/mol. The van der Waals surface area contributed by atoms with Gasteiger partial charge >= 0.3 is 6.03 Å². The molecule has 2 aromatic carbocycles. The standard InChI is InChI=1S/C24H27N3O3/c1-16-10-11-18(15-17(16)2)20-9-6-14-27(20)21(28)12-13-24(19-7-4-3-5-8-19)22(29)25-23(30)26-24/h3-5,7-8,10-11,15,20H,6,9,12-14H2,1-2H3,(H2,25,26,29,30)/t20-,24-/m1/s1. The Hall–Kier alpha value is -3.15. The highest BCUT2D eigenvalue weighted by atomic mass is 16.2. The number of aryl methyl sites for hydroxylation is 2. The molecule has 2 atom stereocenters. The van der Waals surface area contributed by atoms with Gasteiger partial charge in [-0.05, 0) is 55.4 Å². The van der Waals surface area contributed by atoms with Gasteiger partial charge in [-0.25, -0.2) is 4.79 Å². The van der Waals surface area contributed by atoms with Gasteiger partial charge in [-0.2, -0.15) is 0 Å². The molecule has 4 amide bonds. The number of carbonyl (C=O) groups is 3. The highest BCUT2D eigenvalue weighted by Crippen LogP contribution is 2.35. The van der Waals surface area contributed by atoms with Gasteiger partial charge < -0.3 is 10.2 Å². The second-order valence-corrected chi connectivity index (χ2v) is 8.27. The zero-order valence-electron chi connectivity index (χ0n) is 17.4. The molecule has 2 N–H and O–H groups in total. The summed E-state index contributed by atoms with van der Waals surface area (Å²) in [5.74, 6) is -0.390. The Morgan fingerprint density at radius 3 is 2.53 bits per heavy atom. The van der Waals surface area contributed by atoms with E-state index in [2.05, 4.69) is 42.7 Å². The first-order valence-corrected chi connectivity index (χ1v) is 10.5. The van der Waals surface area contributed by atoms with Gasteiger partial charge in [0.05, 0.1) is 6.04 Å². The normalized spacial score (nSPS) is 23.4. The number of urea groups is 1. The van der Waals surface area contributed by atoms with Crippen LogP contribution in [0, 0.1) is 13.8 Å². The summed E-state index contributed by atoms with van der Waals surface area (Å²) in [6.45, 7) is 4.89. The number of nitrogens with one attached hydrogen (secondary N) is 2. The molecule has 2 aliphatic heterocycles. The van der Waals surface area contributed by atoms with E-state index in [1.807, 2.05) is 35.2 Å². The molecule has 156 valence electrons. The molecule has 30 heavy (non-hydrogen) atoms. The number of carbonyl (C=O) groups excluding carboxylic acids is 3. The maximum Gasteiger partial charge on any atom is 0.322 e. The fourth-order valence-electron chi connectivity index (χ4n) is 4.56. The van der Waals surface area contributed by atoms with Crippen LogP contribution >= 0.6 is 0 Å². The minimum absolute atomic E-state index is 0.0139. The van der Waals surface area contributed by atoms with Crippen LogP contribution in [0.15, 0.2) is 48.5 Å². The van der Waals surface area contributed by atoms with E-state index < -0.39 is 17.5 Å². The number of nitrogens with zero attached hydrogens (tertiary/aromatic N) is 1. The zero-order chi connectivity index (χ0) is 21.3. The van der Waals surface area contributed by atoms with Crippen LogP contribution in [0.3, 0.4) is 0 Å². The Labute approximate surface area is 176 Å². The average molecular weight is 405 g/mol. The van der Waals surface area contributed by atoms with Crippen molar-refractivity contribution >= 4 is 17.8 Å². The van der Waals surface area contributed by atoms with Crippen LogP contribution in [0.5, 0.6) is 0 Å². The molecule has 2 fully saturated rings. The van der Waals surface area contributed by atoms with Gasteiger partial charge in [-0.3, -0.25) is 14.9 Å². The molecular formula is C24H27N3O3. The Kier molecular flexibility index (Phi) is 5.33. The molecule has 2 aromatic rings. The molecule has 2 aliphatic rings. The van der Waals surface area contributed by atoms with Gasteiger partial charge in [0.1, 0.15) is 5.54 Å². The number of benzene rings is 2. The van der Waals surface area contributed by atoms with Crippen molar-refractivity contribution < 1.29 is 14.4 Å². The number of hydrogen-bond donors (Lipinski definition) is 2. The molecule has 0 aliphatic carbocycles. The predicted octanol–water partition coefficient (Wildman–Crippen LogP) is 3.48. The monoisotopic (exact) mass is 405 g/mol. The highest BCUT2D eigenvalue weighted by molar-refractivity contribution is 6.07. The first-order chi connectivity index (χ1) is 14.4. The molecule has 6 nitrogen and oxygen atoms in total. The van der Waals surface area contributed by atoms with E-state index in [-0.39, 0.29) is 24.8 Å². The number of rotatable bonds is 5. The smallest absolute Gasteiger partial charge is 0.322 e. The Morgan fingerprint density at radius 2 is 1.87 bits per heavy atom. The van der Waals surface area contributed by atoms with E-state index in [0.717, 1.165) is 18.4 Å². The maximum absolute atomic E-state index is 13.2. The van der Waals surface area contributed by atoms with Crippen LogP contribution in [0.1, 0.15) is 54.0 Å². The van der Waals surface area contributed by atoms with Gasteiger partial charge in [0.15, 0.2) is 0 Å². The third-order valence-electron chi connectivity index (χ3n) is 6.41. The lowest BCUT2D eigenvalue weighted by molar-refractivity contribution is -0.133. The molecule has 0 bridgehead atoms. The van der Waals surface area contributed by atoms with E-state index in [9.17, 15) is 14.4 Å². The Bertz CT molecular complexity index is 988. The van der Waals surface area contributed by atoms with Crippen LogP contribution in [-0.4, -0.2) is 29.3 Å². The third-order valence-corrected chi connectivity index (χ3v) is 6.41. The van der Waals surface area contributed by atoms with Gasteiger partial charge in [0, 0.05) is 13.0 Å². The van der Waals surface area contributed by atoms with E-state index >= 15 is 0 Å². The van der Waals surface area contributed by atoms with Gasteiger partial charge in [-0.15, -0.1) is 0 Å². The minimum atomic E-state index is -1.20. The van der Waals surface area contributed by atoms with Crippen LogP contribution in [0.25, 0.3) is 0 Å². The largest absolute Gasteiger partial charge is 0.336 e. The van der Waals surface area contributed by atoms with Crippen molar-refractivity contribution in [2.24, 2.45) is 0 Å². The van der Waals surface area contributed by atoms with Gasteiger partial charge in [0.2, 0.25) is 5.91 Å². The van der Waals surface area contributed by atoms with Crippen molar-refractivity contribution in [2.45, 2.75) is 51.1 Å². The number of imide groups is 1. The van der Waals surface area contributed by atoms with Crippen LogP contribution < -0.4 is 10.6 Å². The molecule has 0 unspecified atom stereocenters. The number of amides is 4. The summed E-state index contributed by atoms with van der Waals surface area (Å²) in [4.78, 5) is 39.7. The van der Waals surface area contributed by atoms with Crippen molar-refractivity contribution in [2.75, 3.05) is 6.54 Å².